The van der Waals surface area contributed by atoms with Crippen molar-refractivity contribution >= 4 is 5.69 Å². The summed E-state index contributed by atoms with van der Waals surface area (Å²) in [5.41, 5.74) is 1.17. The predicted molar refractivity (Wildman–Crippen MR) is 99.9 cm³/mol. The molecular weight excluding hydrogens is 316 g/mol. The number of benzene rings is 2. The Labute approximate surface area is 149 Å². The number of ether oxygens (including phenoxy) is 2. The van der Waals surface area contributed by atoms with Gasteiger partial charge in [-0.2, -0.15) is 0 Å². The fraction of sp³-hybridized carbons (Fsp3) is 0.400. The lowest BCUT2D eigenvalue weighted by Crippen LogP contribution is -2.47. The highest BCUT2D eigenvalue weighted by Gasteiger charge is 2.16. The Morgan fingerprint density at radius 1 is 0.840 bits per heavy atom. The van der Waals surface area contributed by atoms with Gasteiger partial charge < -0.3 is 19.5 Å². The molecule has 1 heterocycles. The summed E-state index contributed by atoms with van der Waals surface area (Å²) in [7, 11) is 0. The molecule has 0 radical (unpaired) electrons. The lowest BCUT2D eigenvalue weighted by molar-refractivity contribution is 0.200. The van der Waals surface area contributed by atoms with E-state index in [2.05, 4.69) is 9.80 Å². The summed E-state index contributed by atoms with van der Waals surface area (Å²) in [5.74, 6) is 2.07. The summed E-state index contributed by atoms with van der Waals surface area (Å²) in [6, 6.07) is 15.2. The third-order valence-electron chi connectivity index (χ3n) is 4.40. The maximum Gasteiger partial charge on any atom is 0.119 e. The van der Waals surface area contributed by atoms with Crippen molar-refractivity contribution in [3.05, 3.63) is 48.5 Å². The van der Waals surface area contributed by atoms with Gasteiger partial charge in [0.15, 0.2) is 0 Å². The van der Waals surface area contributed by atoms with Gasteiger partial charge in [0.2, 0.25) is 0 Å². The molecule has 2 aromatic carbocycles. The minimum Gasteiger partial charge on any atom is -0.508 e. The average molecular weight is 342 g/mol. The second-order valence-electron chi connectivity index (χ2n) is 6.10. The molecule has 0 bridgehead atoms. The molecule has 134 valence electrons. The summed E-state index contributed by atoms with van der Waals surface area (Å²) >= 11 is 0. The van der Waals surface area contributed by atoms with Crippen LogP contribution in [0.3, 0.4) is 0 Å². The molecule has 0 aromatic heterocycles. The second-order valence-corrected chi connectivity index (χ2v) is 6.10. The summed E-state index contributed by atoms with van der Waals surface area (Å²) in [4.78, 5) is 4.77. The summed E-state index contributed by atoms with van der Waals surface area (Å²) in [6.07, 6.45) is 0. The molecule has 0 atom stereocenters. The molecule has 2 aromatic rings. The van der Waals surface area contributed by atoms with Crippen LogP contribution in [0.5, 0.6) is 17.2 Å². The molecule has 0 spiro atoms. The first kappa shape index (κ1) is 17.4. The lowest BCUT2D eigenvalue weighted by atomic mass is 10.2. The standard InChI is InChI=1S/C20H26N2O3/c1-2-24-19-7-9-20(10-8-19)25-16-15-21-11-13-22(14-12-21)17-3-5-18(23)6-4-17/h3-10,23H,2,11-16H2,1H3. The highest BCUT2D eigenvalue weighted by Crippen LogP contribution is 2.20. The number of rotatable bonds is 7. The van der Waals surface area contributed by atoms with E-state index in [4.69, 9.17) is 9.47 Å². The van der Waals surface area contributed by atoms with E-state index in [1.807, 2.05) is 43.3 Å². The fourth-order valence-electron chi connectivity index (χ4n) is 2.98. The zero-order valence-corrected chi connectivity index (χ0v) is 14.7. The highest BCUT2D eigenvalue weighted by atomic mass is 16.5. The maximum absolute atomic E-state index is 9.38. The molecule has 5 heteroatoms. The largest absolute Gasteiger partial charge is 0.508 e. The van der Waals surface area contributed by atoms with E-state index in [0.29, 0.717) is 19.0 Å². The Morgan fingerprint density at radius 3 is 2.04 bits per heavy atom. The van der Waals surface area contributed by atoms with Crippen molar-refractivity contribution in [3.63, 3.8) is 0 Å². The van der Waals surface area contributed by atoms with Gasteiger partial charge in [0.25, 0.3) is 0 Å². The van der Waals surface area contributed by atoms with Crippen molar-refractivity contribution in [1.29, 1.82) is 0 Å². The molecule has 1 aliphatic rings. The first-order valence-electron chi connectivity index (χ1n) is 8.86. The first-order valence-corrected chi connectivity index (χ1v) is 8.86. The Morgan fingerprint density at radius 2 is 1.44 bits per heavy atom. The molecule has 1 saturated heterocycles. The van der Waals surface area contributed by atoms with Crippen LogP contribution in [0.4, 0.5) is 5.69 Å². The molecule has 1 aliphatic heterocycles. The van der Waals surface area contributed by atoms with Gasteiger partial charge in [-0.25, -0.2) is 0 Å². The van der Waals surface area contributed by atoms with Crippen molar-refractivity contribution in [2.75, 3.05) is 50.8 Å². The Kier molecular flexibility index (Phi) is 6.01. The average Bonchev–Trinajstić information content (AvgIpc) is 2.65. The number of nitrogens with zero attached hydrogens (tertiary/aromatic N) is 2. The fourth-order valence-corrected chi connectivity index (χ4v) is 2.98. The van der Waals surface area contributed by atoms with Crippen molar-refractivity contribution in [2.45, 2.75) is 6.92 Å². The normalized spacial score (nSPS) is 15.2. The Balaban J connectivity index is 1.38. The molecule has 1 N–H and O–H groups in total. The third-order valence-corrected chi connectivity index (χ3v) is 4.40. The molecule has 0 aliphatic carbocycles. The van der Waals surface area contributed by atoms with E-state index in [0.717, 1.165) is 44.2 Å². The van der Waals surface area contributed by atoms with E-state index in [1.165, 1.54) is 5.69 Å². The van der Waals surface area contributed by atoms with Gasteiger partial charge in [-0.05, 0) is 55.5 Å². The number of hydrogen-bond donors (Lipinski definition) is 1. The van der Waals surface area contributed by atoms with Gasteiger partial charge in [0.1, 0.15) is 23.9 Å². The SMILES string of the molecule is CCOc1ccc(OCCN2CCN(c3ccc(O)cc3)CC2)cc1. The van der Waals surface area contributed by atoms with Crippen LogP contribution in [0, 0.1) is 0 Å². The highest BCUT2D eigenvalue weighted by molar-refractivity contribution is 5.49. The van der Waals surface area contributed by atoms with E-state index >= 15 is 0 Å². The topological polar surface area (TPSA) is 45.2 Å². The van der Waals surface area contributed by atoms with Crippen LogP contribution in [0.2, 0.25) is 0 Å². The summed E-state index contributed by atoms with van der Waals surface area (Å²) < 4.78 is 11.3. The van der Waals surface area contributed by atoms with Gasteiger partial charge in [-0.15, -0.1) is 0 Å². The number of piperazine rings is 1. The zero-order chi connectivity index (χ0) is 17.5. The first-order chi connectivity index (χ1) is 12.2. The lowest BCUT2D eigenvalue weighted by Gasteiger charge is -2.36. The quantitative estimate of drug-likeness (QED) is 0.838. The van der Waals surface area contributed by atoms with Gasteiger partial charge in [-0.3, -0.25) is 4.90 Å². The molecule has 0 saturated carbocycles. The molecule has 25 heavy (non-hydrogen) atoms. The number of phenolic OH excluding ortho intramolecular Hbond substituents is 1. The summed E-state index contributed by atoms with van der Waals surface area (Å²) in [6.45, 7) is 8.30. The van der Waals surface area contributed by atoms with E-state index in [1.54, 1.807) is 12.1 Å². The minimum atomic E-state index is 0.314. The third kappa shape index (κ3) is 5.03. The van der Waals surface area contributed by atoms with Gasteiger partial charge >= 0.3 is 0 Å². The minimum absolute atomic E-state index is 0.314. The summed E-state index contributed by atoms with van der Waals surface area (Å²) in [5, 5.41) is 9.38. The molecule has 0 amide bonds. The van der Waals surface area contributed by atoms with Crippen molar-refractivity contribution in [2.24, 2.45) is 0 Å². The van der Waals surface area contributed by atoms with E-state index in [-0.39, 0.29) is 0 Å². The van der Waals surface area contributed by atoms with Crippen molar-refractivity contribution in [1.82, 2.24) is 4.90 Å². The van der Waals surface area contributed by atoms with Crippen molar-refractivity contribution < 1.29 is 14.6 Å². The van der Waals surface area contributed by atoms with Crippen LogP contribution in [-0.2, 0) is 0 Å². The van der Waals surface area contributed by atoms with E-state index in [9.17, 15) is 5.11 Å². The second kappa shape index (κ2) is 8.62. The molecule has 0 unspecified atom stereocenters. The molecule has 3 rings (SSSR count). The van der Waals surface area contributed by atoms with Crippen LogP contribution < -0.4 is 14.4 Å². The van der Waals surface area contributed by atoms with Gasteiger partial charge in [-0.1, -0.05) is 0 Å². The Bertz CT molecular complexity index is 635. The Hall–Kier alpha value is -2.40. The number of phenols is 1. The number of hydrogen-bond acceptors (Lipinski definition) is 5. The van der Waals surface area contributed by atoms with Crippen molar-refractivity contribution in [3.8, 4) is 17.2 Å². The molecule has 5 nitrogen and oxygen atoms in total. The monoisotopic (exact) mass is 342 g/mol. The van der Waals surface area contributed by atoms with Gasteiger partial charge in [0, 0.05) is 38.4 Å². The predicted octanol–water partition coefficient (Wildman–Crippen LogP) is 2.99. The smallest absolute Gasteiger partial charge is 0.119 e. The number of aromatic hydroxyl groups is 1. The molecular formula is C20H26N2O3. The van der Waals surface area contributed by atoms with Crippen LogP contribution in [0.1, 0.15) is 6.92 Å². The zero-order valence-electron chi connectivity index (χ0n) is 14.7. The molecule has 1 fully saturated rings. The van der Waals surface area contributed by atoms with Crippen LogP contribution in [0.15, 0.2) is 48.5 Å². The number of anilines is 1. The maximum atomic E-state index is 9.38. The van der Waals surface area contributed by atoms with Crippen LogP contribution in [0.25, 0.3) is 0 Å². The van der Waals surface area contributed by atoms with Crippen LogP contribution in [-0.4, -0.2) is 55.9 Å². The van der Waals surface area contributed by atoms with Crippen LogP contribution >= 0.6 is 0 Å². The van der Waals surface area contributed by atoms with Gasteiger partial charge in [0.05, 0.1) is 6.61 Å². The van der Waals surface area contributed by atoms with E-state index < -0.39 is 0 Å².